The average molecular weight is 501 g/mol. The van der Waals surface area contributed by atoms with Crippen LogP contribution in [-0.4, -0.2) is 13.7 Å². The third kappa shape index (κ3) is 6.21. The topological polar surface area (TPSA) is 18.5 Å². The fourth-order valence-corrected chi connectivity index (χ4v) is 4.27. The van der Waals surface area contributed by atoms with E-state index < -0.39 is 18.2 Å². The molecule has 36 heavy (non-hydrogen) atoms. The highest BCUT2D eigenvalue weighted by Gasteiger charge is 2.13. The second-order valence-corrected chi connectivity index (χ2v) is 8.59. The van der Waals surface area contributed by atoms with Crippen LogP contribution in [-0.2, 0) is 37.0 Å². The molecule has 0 bridgehead atoms. The van der Waals surface area contributed by atoms with Crippen LogP contribution < -0.4 is 4.74 Å². The summed E-state index contributed by atoms with van der Waals surface area (Å²) < 4.78 is 77.7. The predicted octanol–water partition coefficient (Wildman–Crippen LogP) is 7.58. The Morgan fingerprint density at radius 3 is 2.03 bits per heavy atom. The maximum absolute atomic E-state index is 15.2. The van der Waals surface area contributed by atoms with Crippen LogP contribution in [0.2, 0.25) is 0 Å². The zero-order valence-corrected chi connectivity index (χ0v) is 19.7. The number of alkyl halides is 2. The lowest BCUT2D eigenvalue weighted by atomic mass is 9.97. The summed E-state index contributed by atoms with van der Waals surface area (Å²) in [5, 5.41) is 1.18. The second-order valence-electron chi connectivity index (χ2n) is 8.59. The Kier molecular flexibility index (Phi) is 8.21. The van der Waals surface area contributed by atoms with Gasteiger partial charge in [-0.2, -0.15) is 8.78 Å². The van der Waals surface area contributed by atoms with Crippen molar-refractivity contribution in [2.24, 2.45) is 0 Å². The van der Waals surface area contributed by atoms with E-state index in [-0.39, 0.29) is 30.2 Å². The van der Waals surface area contributed by atoms with Crippen LogP contribution in [0.5, 0.6) is 5.75 Å². The molecule has 0 radical (unpaired) electrons. The molecule has 0 aliphatic heterocycles. The van der Waals surface area contributed by atoms with E-state index in [1.807, 2.05) is 12.1 Å². The van der Waals surface area contributed by atoms with Gasteiger partial charge in [-0.1, -0.05) is 42.5 Å². The Morgan fingerprint density at radius 2 is 1.36 bits per heavy atom. The van der Waals surface area contributed by atoms with Gasteiger partial charge in [0, 0.05) is 18.1 Å². The van der Waals surface area contributed by atoms with Crippen LogP contribution in [0.15, 0.2) is 66.7 Å². The number of rotatable bonds is 10. The first-order valence-corrected chi connectivity index (χ1v) is 11.5. The van der Waals surface area contributed by atoms with Crippen molar-refractivity contribution in [2.45, 2.75) is 38.9 Å². The Bertz CT molecular complexity index is 1310. The number of hydrogen-bond donors (Lipinski definition) is 0. The standard InChI is InChI=1S/C29H25F5O2/c1-35-17-20-15-26(30)25(27(31)16-20)13-6-19-5-12-24-22(14-19)9-8-21(28(24)32)7-2-18-3-10-23(11-4-18)36-29(33)34/h3-5,8-12,14-16,29H,2,6-7,13,17H2,1H3. The van der Waals surface area contributed by atoms with E-state index in [4.69, 9.17) is 4.74 Å². The van der Waals surface area contributed by atoms with Crippen molar-refractivity contribution in [1.29, 1.82) is 0 Å². The van der Waals surface area contributed by atoms with Crippen LogP contribution in [0.25, 0.3) is 10.8 Å². The highest BCUT2D eigenvalue weighted by Crippen LogP contribution is 2.25. The van der Waals surface area contributed by atoms with Gasteiger partial charge in [0.05, 0.1) is 6.61 Å². The first kappa shape index (κ1) is 25.6. The molecule has 0 fully saturated rings. The van der Waals surface area contributed by atoms with E-state index in [1.54, 1.807) is 30.3 Å². The molecule has 2 nitrogen and oxygen atoms in total. The number of ether oxygens (including phenoxy) is 2. The van der Waals surface area contributed by atoms with Crippen LogP contribution >= 0.6 is 0 Å². The van der Waals surface area contributed by atoms with Gasteiger partial charge in [-0.3, -0.25) is 0 Å². The van der Waals surface area contributed by atoms with Crippen LogP contribution in [0.3, 0.4) is 0 Å². The monoisotopic (exact) mass is 500 g/mol. The molecular weight excluding hydrogens is 475 g/mol. The quantitative estimate of drug-likeness (QED) is 0.209. The van der Waals surface area contributed by atoms with Gasteiger partial charge in [-0.25, -0.2) is 13.2 Å². The second kappa shape index (κ2) is 11.5. The zero-order valence-electron chi connectivity index (χ0n) is 19.7. The first-order valence-electron chi connectivity index (χ1n) is 11.5. The number of fused-ring (bicyclic) bond motifs is 1. The van der Waals surface area contributed by atoms with Gasteiger partial charge in [-0.15, -0.1) is 0 Å². The minimum Gasteiger partial charge on any atom is -0.435 e. The van der Waals surface area contributed by atoms with Crippen LogP contribution in [0.4, 0.5) is 22.0 Å². The first-order chi connectivity index (χ1) is 17.3. The van der Waals surface area contributed by atoms with Crippen molar-refractivity contribution in [3.05, 3.63) is 112 Å². The number of halogens is 5. The third-order valence-electron chi connectivity index (χ3n) is 6.11. The average Bonchev–Trinajstić information content (AvgIpc) is 2.84. The number of benzene rings is 4. The van der Waals surface area contributed by atoms with Gasteiger partial charge in [0.2, 0.25) is 0 Å². The smallest absolute Gasteiger partial charge is 0.387 e. The Morgan fingerprint density at radius 1 is 0.694 bits per heavy atom. The zero-order chi connectivity index (χ0) is 25.7. The van der Waals surface area contributed by atoms with Crippen molar-refractivity contribution in [2.75, 3.05) is 7.11 Å². The molecule has 0 amide bonds. The van der Waals surface area contributed by atoms with E-state index in [0.717, 1.165) is 11.1 Å². The molecule has 188 valence electrons. The molecule has 0 aromatic heterocycles. The Balaban J connectivity index is 1.43. The van der Waals surface area contributed by atoms with Gasteiger partial charge in [-0.05, 0) is 77.6 Å². The largest absolute Gasteiger partial charge is 0.435 e. The number of hydrogen-bond acceptors (Lipinski definition) is 2. The minimum atomic E-state index is -2.88. The van der Waals surface area contributed by atoms with Crippen LogP contribution in [0, 0.1) is 17.5 Å². The molecule has 4 aromatic rings. The molecule has 0 unspecified atom stereocenters. The normalized spacial score (nSPS) is 11.4. The highest BCUT2D eigenvalue weighted by atomic mass is 19.3. The fourth-order valence-electron chi connectivity index (χ4n) is 4.27. The van der Waals surface area contributed by atoms with Gasteiger partial charge in [0.15, 0.2) is 0 Å². The van der Waals surface area contributed by atoms with Crippen molar-refractivity contribution in [3.8, 4) is 5.75 Å². The summed E-state index contributed by atoms with van der Waals surface area (Å²) in [7, 11) is 1.46. The van der Waals surface area contributed by atoms with E-state index in [2.05, 4.69) is 4.74 Å². The molecule has 7 heteroatoms. The Labute approximate surface area is 206 Å². The maximum atomic E-state index is 15.2. The molecule has 0 saturated carbocycles. The summed E-state index contributed by atoms with van der Waals surface area (Å²) in [6.45, 7) is -2.74. The molecule has 0 aliphatic carbocycles. The van der Waals surface area contributed by atoms with E-state index in [0.29, 0.717) is 41.2 Å². The summed E-state index contributed by atoms with van der Waals surface area (Å²) in [4.78, 5) is 0. The summed E-state index contributed by atoms with van der Waals surface area (Å²) >= 11 is 0. The van der Waals surface area contributed by atoms with Crippen molar-refractivity contribution in [3.63, 3.8) is 0 Å². The Hall–Kier alpha value is -3.45. The lowest BCUT2D eigenvalue weighted by molar-refractivity contribution is -0.0498. The molecule has 4 rings (SSSR count). The van der Waals surface area contributed by atoms with Crippen molar-refractivity contribution < 1.29 is 31.4 Å². The van der Waals surface area contributed by atoms with E-state index in [1.165, 1.54) is 31.4 Å². The van der Waals surface area contributed by atoms with Gasteiger partial charge in [0.1, 0.15) is 23.2 Å². The third-order valence-corrected chi connectivity index (χ3v) is 6.11. The molecule has 0 N–H and O–H groups in total. The molecular formula is C29H25F5O2. The van der Waals surface area contributed by atoms with Gasteiger partial charge in [0.25, 0.3) is 0 Å². The van der Waals surface area contributed by atoms with E-state index in [9.17, 15) is 17.6 Å². The molecule has 0 atom stereocenters. The molecule has 0 heterocycles. The molecule has 0 spiro atoms. The summed E-state index contributed by atoms with van der Waals surface area (Å²) in [6, 6.07) is 17.7. The summed E-state index contributed by atoms with van der Waals surface area (Å²) in [5.41, 5.74) is 2.72. The molecule has 0 aliphatic rings. The number of methoxy groups -OCH3 is 1. The maximum Gasteiger partial charge on any atom is 0.387 e. The fraction of sp³-hybridized carbons (Fsp3) is 0.241. The predicted molar refractivity (Wildman–Crippen MR) is 129 cm³/mol. The van der Waals surface area contributed by atoms with Gasteiger partial charge < -0.3 is 9.47 Å². The lowest BCUT2D eigenvalue weighted by Crippen LogP contribution is -2.02. The highest BCUT2D eigenvalue weighted by molar-refractivity contribution is 5.84. The summed E-state index contributed by atoms with van der Waals surface area (Å²) in [6.07, 6.45) is 1.56. The SMILES string of the molecule is COCc1cc(F)c(CCc2ccc3c(F)c(CCc4ccc(OC(F)F)cc4)ccc3c2)c(F)c1. The molecule has 4 aromatic carbocycles. The van der Waals surface area contributed by atoms with E-state index >= 15 is 4.39 Å². The number of aryl methyl sites for hydroxylation is 3. The lowest BCUT2D eigenvalue weighted by Gasteiger charge is -2.11. The van der Waals surface area contributed by atoms with Crippen LogP contribution in [0.1, 0.15) is 27.8 Å². The van der Waals surface area contributed by atoms with Crippen molar-refractivity contribution in [1.82, 2.24) is 0 Å². The summed E-state index contributed by atoms with van der Waals surface area (Å²) in [5.74, 6) is -1.44. The minimum absolute atomic E-state index is 0.0188. The van der Waals surface area contributed by atoms with Gasteiger partial charge >= 0.3 is 6.61 Å². The van der Waals surface area contributed by atoms with Crippen molar-refractivity contribution >= 4 is 10.8 Å². The molecule has 0 saturated heterocycles.